The first-order chi connectivity index (χ1) is 7.49. The lowest BCUT2D eigenvalue weighted by Crippen LogP contribution is -2.17. The van der Waals surface area contributed by atoms with Crippen molar-refractivity contribution >= 4 is 32.8 Å². The highest BCUT2D eigenvalue weighted by molar-refractivity contribution is 9.10. The van der Waals surface area contributed by atoms with Crippen molar-refractivity contribution in [3.63, 3.8) is 0 Å². The summed E-state index contributed by atoms with van der Waals surface area (Å²) in [6, 6.07) is 3.86. The van der Waals surface area contributed by atoms with Gasteiger partial charge in [-0.15, -0.1) is 0 Å². The van der Waals surface area contributed by atoms with Gasteiger partial charge in [0, 0.05) is 9.86 Å². The van der Waals surface area contributed by atoms with Crippen LogP contribution in [0.2, 0.25) is 0 Å². The van der Waals surface area contributed by atoms with Gasteiger partial charge >= 0.3 is 5.97 Å². The van der Waals surface area contributed by atoms with E-state index in [9.17, 15) is 14.0 Å². The summed E-state index contributed by atoms with van der Waals surface area (Å²) < 4.78 is 13.9. The second-order valence-corrected chi connectivity index (χ2v) is 4.08. The van der Waals surface area contributed by atoms with E-state index >= 15 is 0 Å². The molecule has 1 heterocycles. The normalized spacial score (nSPS) is 10.6. The number of aromatic carboxylic acids is 1. The van der Waals surface area contributed by atoms with Gasteiger partial charge in [0.1, 0.15) is 11.4 Å². The first-order valence-electron chi connectivity index (χ1n) is 4.24. The third-order valence-corrected chi connectivity index (χ3v) is 2.56. The van der Waals surface area contributed by atoms with Crippen molar-refractivity contribution in [2.75, 3.05) is 0 Å². The van der Waals surface area contributed by atoms with Gasteiger partial charge in [-0.2, -0.15) is 0 Å². The Kier molecular flexibility index (Phi) is 2.51. The zero-order valence-corrected chi connectivity index (χ0v) is 9.34. The molecule has 0 spiro atoms. The molecule has 4 nitrogen and oxygen atoms in total. The van der Waals surface area contributed by atoms with Crippen LogP contribution in [0.3, 0.4) is 0 Å². The van der Waals surface area contributed by atoms with Crippen LogP contribution >= 0.6 is 15.9 Å². The van der Waals surface area contributed by atoms with E-state index in [1.54, 1.807) is 0 Å². The zero-order chi connectivity index (χ0) is 11.9. The van der Waals surface area contributed by atoms with Crippen LogP contribution in [-0.4, -0.2) is 16.1 Å². The Morgan fingerprint density at radius 1 is 1.38 bits per heavy atom. The summed E-state index contributed by atoms with van der Waals surface area (Å²) in [6.45, 7) is 0. The zero-order valence-electron chi connectivity index (χ0n) is 7.75. The average molecular weight is 286 g/mol. The van der Waals surface area contributed by atoms with Gasteiger partial charge in [0.05, 0.1) is 5.52 Å². The molecular formula is C10H5BrFNO3. The van der Waals surface area contributed by atoms with Crippen LogP contribution in [0.15, 0.2) is 27.5 Å². The van der Waals surface area contributed by atoms with E-state index in [1.165, 1.54) is 12.1 Å². The standard InChI is InChI=1S/C10H5BrFNO3/c11-5-1-4-2-6(10(15)16)9(14)13-8(4)7(12)3-5/h1-3H,(H,13,14)(H,15,16). The van der Waals surface area contributed by atoms with E-state index in [1.807, 2.05) is 0 Å². The quantitative estimate of drug-likeness (QED) is 0.843. The lowest BCUT2D eigenvalue weighted by atomic mass is 10.1. The maximum atomic E-state index is 13.4. The summed E-state index contributed by atoms with van der Waals surface area (Å²) in [7, 11) is 0. The smallest absolute Gasteiger partial charge is 0.341 e. The molecule has 0 radical (unpaired) electrons. The van der Waals surface area contributed by atoms with Crippen LogP contribution in [0.4, 0.5) is 4.39 Å². The van der Waals surface area contributed by atoms with Crippen LogP contribution < -0.4 is 5.56 Å². The molecular weight excluding hydrogens is 281 g/mol. The SMILES string of the molecule is O=C(O)c1cc2cc(Br)cc(F)c2[nH]c1=O. The number of fused-ring (bicyclic) bond motifs is 1. The number of carboxylic acids is 1. The molecule has 2 N–H and O–H groups in total. The van der Waals surface area contributed by atoms with E-state index in [4.69, 9.17) is 5.11 Å². The van der Waals surface area contributed by atoms with Crippen molar-refractivity contribution < 1.29 is 14.3 Å². The monoisotopic (exact) mass is 285 g/mol. The molecule has 0 unspecified atom stereocenters. The number of aromatic nitrogens is 1. The highest BCUT2D eigenvalue weighted by Gasteiger charge is 2.12. The Labute approximate surface area is 96.8 Å². The Morgan fingerprint density at radius 3 is 2.69 bits per heavy atom. The molecule has 0 amide bonds. The van der Waals surface area contributed by atoms with Gasteiger partial charge in [0.2, 0.25) is 0 Å². The summed E-state index contributed by atoms with van der Waals surface area (Å²) in [5.41, 5.74) is -1.23. The molecule has 0 saturated heterocycles. The van der Waals surface area contributed by atoms with Crippen LogP contribution in [0.1, 0.15) is 10.4 Å². The lowest BCUT2D eigenvalue weighted by Gasteiger charge is -2.02. The maximum Gasteiger partial charge on any atom is 0.341 e. The molecule has 2 aromatic rings. The summed E-state index contributed by atoms with van der Waals surface area (Å²) >= 11 is 3.08. The number of nitrogens with one attached hydrogen (secondary N) is 1. The van der Waals surface area contributed by atoms with Crippen molar-refractivity contribution in [1.29, 1.82) is 0 Å². The van der Waals surface area contributed by atoms with Gasteiger partial charge in [-0.3, -0.25) is 4.79 Å². The molecule has 0 atom stereocenters. The van der Waals surface area contributed by atoms with E-state index in [2.05, 4.69) is 20.9 Å². The molecule has 1 aromatic carbocycles. The summed E-state index contributed by atoms with van der Waals surface area (Å²) in [4.78, 5) is 24.2. The molecule has 0 saturated carbocycles. The number of pyridine rings is 1. The van der Waals surface area contributed by atoms with Crippen LogP contribution in [0, 0.1) is 5.82 Å². The Hall–Kier alpha value is -1.69. The third-order valence-electron chi connectivity index (χ3n) is 2.10. The Bertz CT molecular complexity index is 650. The fourth-order valence-corrected chi connectivity index (χ4v) is 1.85. The summed E-state index contributed by atoms with van der Waals surface area (Å²) in [6.07, 6.45) is 0. The van der Waals surface area contributed by atoms with Crippen molar-refractivity contribution in [2.45, 2.75) is 0 Å². The molecule has 82 valence electrons. The Morgan fingerprint density at radius 2 is 2.06 bits per heavy atom. The third kappa shape index (κ3) is 1.71. The van der Waals surface area contributed by atoms with E-state index in [0.717, 1.165) is 6.07 Å². The number of carboxylic acid groups (broad SMARTS) is 1. The Balaban J connectivity index is 2.90. The number of rotatable bonds is 1. The highest BCUT2D eigenvalue weighted by Crippen LogP contribution is 2.21. The largest absolute Gasteiger partial charge is 0.477 e. The predicted molar refractivity (Wildman–Crippen MR) is 59.2 cm³/mol. The topological polar surface area (TPSA) is 70.2 Å². The summed E-state index contributed by atoms with van der Waals surface area (Å²) in [5, 5.41) is 9.06. The number of benzene rings is 1. The highest BCUT2D eigenvalue weighted by atomic mass is 79.9. The molecule has 0 fully saturated rings. The van der Waals surface area contributed by atoms with Gasteiger partial charge in [0.15, 0.2) is 0 Å². The van der Waals surface area contributed by atoms with E-state index in [-0.39, 0.29) is 5.52 Å². The summed E-state index contributed by atoms with van der Waals surface area (Å²) in [5.74, 6) is -1.96. The molecule has 1 aromatic heterocycles. The maximum absolute atomic E-state index is 13.4. The van der Waals surface area contributed by atoms with Crippen LogP contribution in [0.5, 0.6) is 0 Å². The van der Waals surface area contributed by atoms with Gasteiger partial charge in [-0.1, -0.05) is 15.9 Å². The van der Waals surface area contributed by atoms with Crippen LogP contribution in [-0.2, 0) is 0 Å². The van der Waals surface area contributed by atoms with Crippen molar-refractivity contribution in [1.82, 2.24) is 4.98 Å². The predicted octanol–water partition coefficient (Wildman–Crippen LogP) is 2.13. The number of aromatic amines is 1. The first kappa shape index (κ1) is 10.8. The minimum atomic E-state index is -1.34. The van der Waals surface area contributed by atoms with Crippen molar-refractivity contribution in [3.8, 4) is 0 Å². The lowest BCUT2D eigenvalue weighted by molar-refractivity contribution is 0.0695. The van der Waals surface area contributed by atoms with Gasteiger partial charge in [0.25, 0.3) is 5.56 Å². The second kappa shape index (κ2) is 3.71. The number of H-pyrrole nitrogens is 1. The number of hydrogen-bond donors (Lipinski definition) is 2. The number of carbonyl (C=O) groups is 1. The van der Waals surface area contributed by atoms with E-state index < -0.39 is 22.9 Å². The van der Waals surface area contributed by atoms with Gasteiger partial charge < -0.3 is 10.1 Å². The fourth-order valence-electron chi connectivity index (χ4n) is 1.40. The average Bonchev–Trinajstić information content (AvgIpc) is 2.18. The second-order valence-electron chi connectivity index (χ2n) is 3.17. The molecule has 2 rings (SSSR count). The molecule has 16 heavy (non-hydrogen) atoms. The van der Waals surface area contributed by atoms with Gasteiger partial charge in [-0.05, 0) is 18.2 Å². The number of halogens is 2. The van der Waals surface area contributed by atoms with E-state index in [0.29, 0.717) is 9.86 Å². The first-order valence-corrected chi connectivity index (χ1v) is 5.03. The molecule has 0 bridgehead atoms. The fraction of sp³-hybridized carbons (Fsp3) is 0. The van der Waals surface area contributed by atoms with Crippen molar-refractivity contribution in [2.24, 2.45) is 0 Å². The molecule has 0 aliphatic heterocycles. The molecule has 6 heteroatoms. The van der Waals surface area contributed by atoms with Crippen LogP contribution in [0.25, 0.3) is 10.9 Å². The molecule has 0 aliphatic carbocycles. The molecule has 0 aliphatic rings. The minimum Gasteiger partial charge on any atom is -0.477 e. The van der Waals surface area contributed by atoms with Crippen molar-refractivity contribution in [3.05, 3.63) is 44.4 Å². The van der Waals surface area contributed by atoms with Gasteiger partial charge in [-0.25, -0.2) is 9.18 Å². The number of hydrogen-bond acceptors (Lipinski definition) is 2. The minimum absolute atomic E-state index is 0.00167.